The minimum atomic E-state index is -0.0576. The molecule has 0 aliphatic rings. The molecule has 3 nitrogen and oxygen atoms in total. The van der Waals surface area contributed by atoms with Gasteiger partial charge >= 0.3 is 0 Å². The molecule has 0 saturated heterocycles. The fraction of sp³-hybridized carbons (Fsp3) is 0.462. The molecular weight excluding hydrogens is 268 g/mol. The van der Waals surface area contributed by atoms with Crippen molar-refractivity contribution < 1.29 is 4.79 Å². The Balaban J connectivity index is 2.79. The predicted molar refractivity (Wildman–Crippen MR) is 80.4 cm³/mol. The van der Waals surface area contributed by atoms with Crippen molar-refractivity contribution in [1.29, 1.82) is 0 Å². The van der Waals surface area contributed by atoms with Gasteiger partial charge in [0.1, 0.15) is 0 Å². The quantitative estimate of drug-likeness (QED) is 0.846. The van der Waals surface area contributed by atoms with Gasteiger partial charge in [0.2, 0.25) is 0 Å². The summed E-state index contributed by atoms with van der Waals surface area (Å²) in [4.78, 5) is 14.0. The van der Waals surface area contributed by atoms with Gasteiger partial charge in [0.05, 0.1) is 5.56 Å². The first kappa shape index (κ1) is 15.2. The van der Waals surface area contributed by atoms with E-state index in [4.69, 9.17) is 17.3 Å². The molecule has 1 amide bonds. The molecule has 0 aliphatic heterocycles. The summed E-state index contributed by atoms with van der Waals surface area (Å²) in [5.74, 6) is 0.979. The SMILES string of the molecule is CSCCC(C)N(C)C(=O)c1ccc(Cl)cc1N. The molecule has 2 N–H and O–H groups in total. The van der Waals surface area contributed by atoms with Crippen LogP contribution in [0.1, 0.15) is 23.7 Å². The van der Waals surface area contributed by atoms with Crippen molar-refractivity contribution in [3.63, 3.8) is 0 Å². The van der Waals surface area contributed by atoms with Crippen LogP contribution in [0, 0.1) is 0 Å². The van der Waals surface area contributed by atoms with Gasteiger partial charge < -0.3 is 10.6 Å². The van der Waals surface area contributed by atoms with E-state index in [1.54, 1.807) is 41.9 Å². The van der Waals surface area contributed by atoms with Gasteiger partial charge in [0.25, 0.3) is 5.91 Å². The zero-order chi connectivity index (χ0) is 13.7. The molecule has 0 saturated carbocycles. The molecule has 1 aromatic carbocycles. The second kappa shape index (κ2) is 6.90. The van der Waals surface area contributed by atoms with E-state index in [9.17, 15) is 4.79 Å². The third kappa shape index (κ3) is 3.82. The number of halogens is 1. The largest absolute Gasteiger partial charge is 0.398 e. The first-order valence-corrected chi connectivity index (χ1v) is 7.55. The second-order valence-electron chi connectivity index (χ2n) is 4.28. The summed E-state index contributed by atoms with van der Waals surface area (Å²) in [5, 5.41) is 0.544. The van der Waals surface area contributed by atoms with E-state index in [0.29, 0.717) is 16.3 Å². The van der Waals surface area contributed by atoms with Crippen LogP contribution in [-0.4, -0.2) is 35.9 Å². The summed E-state index contributed by atoms with van der Waals surface area (Å²) in [6.07, 6.45) is 3.03. The van der Waals surface area contributed by atoms with Gasteiger partial charge in [0.15, 0.2) is 0 Å². The summed E-state index contributed by atoms with van der Waals surface area (Å²) in [6, 6.07) is 5.17. The molecule has 0 radical (unpaired) electrons. The van der Waals surface area contributed by atoms with Gasteiger partial charge in [-0.1, -0.05) is 11.6 Å². The first-order valence-electron chi connectivity index (χ1n) is 5.78. The number of hydrogen-bond donors (Lipinski definition) is 1. The number of carbonyl (C=O) groups is 1. The van der Waals surface area contributed by atoms with Crippen LogP contribution in [-0.2, 0) is 0 Å². The molecule has 0 spiro atoms. The second-order valence-corrected chi connectivity index (χ2v) is 5.70. The number of rotatable bonds is 5. The monoisotopic (exact) mass is 286 g/mol. The number of nitrogens with zero attached hydrogens (tertiary/aromatic N) is 1. The van der Waals surface area contributed by atoms with Gasteiger partial charge in [0, 0.05) is 23.8 Å². The summed E-state index contributed by atoms with van der Waals surface area (Å²) in [5.41, 5.74) is 6.76. The van der Waals surface area contributed by atoms with Gasteiger partial charge in [-0.2, -0.15) is 11.8 Å². The minimum Gasteiger partial charge on any atom is -0.398 e. The summed E-state index contributed by atoms with van der Waals surface area (Å²) >= 11 is 7.60. The maximum absolute atomic E-state index is 12.3. The van der Waals surface area contributed by atoms with Crippen molar-refractivity contribution in [2.75, 3.05) is 24.8 Å². The molecule has 0 aliphatic carbocycles. The summed E-state index contributed by atoms with van der Waals surface area (Å²) < 4.78 is 0. The summed E-state index contributed by atoms with van der Waals surface area (Å²) in [6.45, 7) is 2.04. The zero-order valence-electron chi connectivity index (χ0n) is 10.9. The van der Waals surface area contributed by atoms with Gasteiger partial charge in [-0.05, 0) is 43.6 Å². The lowest BCUT2D eigenvalue weighted by Gasteiger charge is -2.25. The van der Waals surface area contributed by atoms with Crippen molar-refractivity contribution in [2.24, 2.45) is 0 Å². The van der Waals surface area contributed by atoms with Crippen molar-refractivity contribution in [3.05, 3.63) is 28.8 Å². The molecule has 1 atom stereocenters. The number of nitrogen functional groups attached to an aromatic ring is 1. The molecule has 1 rings (SSSR count). The Bertz CT molecular complexity index is 425. The van der Waals surface area contributed by atoms with Crippen molar-refractivity contribution in [2.45, 2.75) is 19.4 Å². The Morgan fingerprint density at radius 1 is 1.56 bits per heavy atom. The Morgan fingerprint density at radius 2 is 2.22 bits per heavy atom. The molecule has 0 fully saturated rings. The normalized spacial score (nSPS) is 12.2. The van der Waals surface area contributed by atoms with Crippen LogP contribution in [0.4, 0.5) is 5.69 Å². The van der Waals surface area contributed by atoms with E-state index in [-0.39, 0.29) is 11.9 Å². The average molecular weight is 287 g/mol. The lowest BCUT2D eigenvalue weighted by atomic mass is 10.1. The highest BCUT2D eigenvalue weighted by Crippen LogP contribution is 2.20. The molecule has 1 unspecified atom stereocenters. The Hall–Kier alpha value is -0.870. The van der Waals surface area contributed by atoms with Crippen molar-refractivity contribution in [3.8, 4) is 0 Å². The van der Waals surface area contributed by atoms with Crippen LogP contribution >= 0.6 is 23.4 Å². The van der Waals surface area contributed by atoms with Crippen LogP contribution < -0.4 is 5.73 Å². The summed E-state index contributed by atoms with van der Waals surface area (Å²) in [7, 11) is 1.81. The molecular formula is C13H19ClN2OS. The Kier molecular flexibility index (Phi) is 5.82. The fourth-order valence-electron chi connectivity index (χ4n) is 1.60. The lowest BCUT2D eigenvalue weighted by Crippen LogP contribution is -2.35. The predicted octanol–water partition coefficient (Wildman–Crippen LogP) is 3.14. The fourth-order valence-corrected chi connectivity index (χ4v) is 2.36. The van der Waals surface area contributed by atoms with E-state index in [0.717, 1.165) is 12.2 Å². The van der Waals surface area contributed by atoms with E-state index in [1.165, 1.54) is 0 Å². The Labute approximate surface area is 118 Å². The smallest absolute Gasteiger partial charge is 0.255 e. The highest BCUT2D eigenvalue weighted by molar-refractivity contribution is 7.98. The van der Waals surface area contributed by atoms with Crippen LogP contribution in [0.15, 0.2) is 18.2 Å². The van der Waals surface area contributed by atoms with E-state index in [1.807, 2.05) is 6.92 Å². The van der Waals surface area contributed by atoms with E-state index < -0.39 is 0 Å². The number of thioether (sulfide) groups is 1. The van der Waals surface area contributed by atoms with Crippen molar-refractivity contribution in [1.82, 2.24) is 4.90 Å². The van der Waals surface area contributed by atoms with Gasteiger partial charge in [-0.3, -0.25) is 4.79 Å². The zero-order valence-corrected chi connectivity index (χ0v) is 12.5. The standard InChI is InChI=1S/C13H19ClN2OS/c1-9(6-7-18-3)16(2)13(17)11-5-4-10(14)8-12(11)15/h4-5,8-9H,6-7,15H2,1-3H3. The molecule has 0 aromatic heterocycles. The number of amides is 1. The maximum Gasteiger partial charge on any atom is 0.255 e. The molecule has 5 heteroatoms. The average Bonchev–Trinajstić information content (AvgIpc) is 2.34. The minimum absolute atomic E-state index is 0.0576. The Morgan fingerprint density at radius 3 is 2.78 bits per heavy atom. The topological polar surface area (TPSA) is 46.3 Å². The van der Waals surface area contributed by atoms with E-state index >= 15 is 0 Å². The number of hydrogen-bond acceptors (Lipinski definition) is 3. The molecule has 0 bridgehead atoms. The van der Waals surface area contributed by atoms with Crippen molar-refractivity contribution >= 4 is 35.0 Å². The highest BCUT2D eigenvalue weighted by atomic mass is 35.5. The van der Waals surface area contributed by atoms with Gasteiger partial charge in [-0.15, -0.1) is 0 Å². The third-order valence-electron chi connectivity index (χ3n) is 2.97. The number of anilines is 1. The molecule has 100 valence electrons. The van der Waals surface area contributed by atoms with Crippen LogP contribution in [0.25, 0.3) is 0 Å². The molecule has 1 aromatic rings. The maximum atomic E-state index is 12.3. The number of carbonyl (C=O) groups excluding carboxylic acids is 1. The molecule has 18 heavy (non-hydrogen) atoms. The highest BCUT2D eigenvalue weighted by Gasteiger charge is 2.19. The number of nitrogens with two attached hydrogens (primary N) is 1. The first-order chi connectivity index (χ1) is 8.47. The van der Waals surface area contributed by atoms with Crippen LogP contribution in [0.5, 0.6) is 0 Å². The van der Waals surface area contributed by atoms with Crippen LogP contribution in [0.3, 0.4) is 0 Å². The number of benzene rings is 1. The lowest BCUT2D eigenvalue weighted by molar-refractivity contribution is 0.0742. The van der Waals surface area contributed by atoms with Crippen LogP contribution in [0.2, 0.25) is 5.02 Å². The molecule has 0 heterocycles. The van der Waals surface area contributed by atoms with Gasteiger partial charge in [-0.25, -0.2) is 0 Å². The van der Waals surface area contributed by atoms with E-state index in [2.05, 4.69) is 6.26 Å². The third-order valence-corrected chi connectivity index (χ3v) is 3.84.